The summed E-state index contributed by atoms with van der Waals surface area (Å²) >= 11 is 0. The van der Waals surface area contributed by atoms with Crippen molar-refractivity contribution in [2.24, 2.45) is 16.8 Å². The zero-order chi connectivity index (χ0) is 18.5. The molecule has 2 aliphatic heterocycles. The SMILES string of the molecule is CN=C(NCCCOCC1CCOC1)NCC1CCN(CCOC)CC1.I. The minimum atomic E-state index is 0. The summed E-state index contributed by atoms with van der Waals surface area (Å²) in [4.78, 5) is 6.81. The molecular weight excluding hydrogens is 459 g/mol. The van der Waals surface area contributed by atoms with Crippen LogP contribution in [0.5, 0.6) is 0 Å². The molecule has 8 heteroatoms. The van der Waals surface area contributed by atoms with Gasteiger partial charge in [-0.05, 0) is 44.7 Å². The summed E-state index contributed by atoms with van der Waals surface area (Å²) in [5.41, 5.74) is 0. The van der Waals surface area contributed by atoms with Crippen molar-refractivity contribution in [3.8, 4) is 0 Å². The van der Waals surface area contributed by atoms with E-state index in [-0.39, 0.29) is 24.0 Å². The number of nitrogens with one attached hydrogen (secondary N) is 2. The van der Waals surface area contributed by atoms with Crippen LogP contribution in [-0.2, 0) is 14.2 Å². The molecule has 0 aliphatic carbocycles. The first kappa shape index (κ1) is 24.9. The summed E-state index contributed by atoms with van der Waals surface area (Å²) in [7, 11) is 3.60. The second kappa shape index (κ2) is 15.7. The molecule has 0 bridgehead atoms. The van der Waals surface area contributed by atoms with E-state index in [2.05, 4.69) is 20.5 Å². The minimum Gasteiger partial charge on any atom is -0.383 e. The van der Waals surface area contributed by atoms with Crippen molar-refractivity contribution in [2.45, 2.75) is 25.7 Å². The summed E-state index contributed by atoms with van der Waals surface area (Å²) in [6, 6.07) is 0. The van der Waals surface area contributed by atoms with Crippen LogP contribution in [0.15, 0.2) is 4.99 Å². The Hall–Kier alpha value is -0.160. The van der Waals surface area contributed by atoms with Crippen LogP contribution in [0.4, 0.5) is 0 Å². The van der Waals surface area contributed by atoms with Crippen LogP contribution in [0.3, 0.4) is 0 Å². The van der Waals surface area contributed by atoms with Gasteiger partial charge in [-0.1, -0.05) is 0 Å². The van der Waals surface area contributed by atoms with Crippen molar-refractivity contribution in [2.75, 3.05) is 79.9 Å². The van der Waals surface area contributed by atoms with E-state index in [4.69, 9.17) is 14.2 Å². The lowest BCUT2D eigenvalue weighted by molar-refractivity contribution is 0.0888. The Kier molecular flexibility index (Phi) is 14.5. The number of methoxy groups -OCH3 is 1. The van der Waals surface area contributed by atoms with Gasteiger partial charge in [-0.3, -0.25) is 4.99 Å². The molecular formula is C19H39IN4O3. The molecule has 0 aromatic heterocycles. The Morgan fingerprint density at radius 3 is 2.63 bits per heavy atom. The molecule has 1 atom stereocenters. The predicted molar refractivity (Wildman–Crippen MR) is 120 cm³/mol. The van der Waals surface area contributed by atoms with Crippen molar-refractivity contribution >= 4 is 29.9 Å². The smallest absolute Gasteiger partial charge is 0.190 e. The average molecular weight is 498 g/mol. The van der Waals surface area contributed by atoms with Crippen molar-refractivity contribution in [3.05, 3.63) is 0 Å². The minimum absolute atomic E-state index is 0. The molecule has 27 heavy (non-hydrogen) atoms. The fourth-order valence-electron chi connectivity index (χ4n) is 3.44. The molecule has 2 heterocycles. The Morgan fingerprint density at radius 2 is 1.96 bits per heavy atom. The number of ether oxygens (including phenoxy) is 3. The summed E-state index contributed by atoms with van der Waals surface area (Å²) in [6.45, 7) is 9.48. The molecule has 2 rings (SSSR count). The Balaban J connectivity index is 0.00000364. The van der Waals surface area contributed by atoms with E-state index < -0.39 is 0 Å². The maximum atomic E-state index is 5.73. The van der Waals surface area contributed by atoms with Crippen molar-refractivity contribution in [1.29, 1.82) is 0 Å². The van der Waals surface area contributed by atoms with E-state index in [1.165, 1.54) is 25.9 Å². The summed E-state index contributed by atoms with van der Waals surface area (Å²) in [6.07, 6.45) is 4.62. The largest absolute Gasteiger partial charge is 0.383 e. The third-order valence-electron chi connectivity index (χ3n) is 5.24. The number of hydrogen-bond donors (Lipinski definition) is 2. The Labute approximate surface area is 182 Å². The number of hydrogen-bond acceptors (Lipinski definition) is 5. The second-order valence-corrected chi connectivity index (χ2v) is 7.32. The highest BCUT2D eigenvalue weighted by Gasteiger charge is 2.19. The lowest BCUT2D eigenvalue weighted by Crippen LogP contribution is -2.43. The third-order valence-corrected chi connectivity index (χ3v) is 5.24. The van der Waals surface area contributed by atoms with Crippen LogP contribution < -0.4 is 10.6 Å². The molecule has 0 amide bonds. The van der Waals surface area contributed by atoms with Crippen molar-refractivity contribution < 1.29 is 14.2 Å². The van der Waals surface area contributed by atoms with Gasteiger partial charge in [0.25, 0.3) is 0 Å². The van der Waals surface area contributed by atoms with Crippen LogP contribution in [0, 0.1) is 11.8 Å². The lowest BCUT2D eigenvalue weighted by Gasteiger charge is -2.32. The molecule has 7 nitrogen and oxygen atoms in total. The number of piperidine rings is 1. The van der Waals surface area contributed by atoms with E-state index in [0.717, 1.165) is 77.4 Å². The molecule has 160 valence electrons. The Morgan fingerprint density at radius 1 is 1.15 bits per heavy atom. The Bertz CT molecular complexity index is 387. The molecule has 1 unspecified atom stereocenters. The first-order valence-corrected chi connectivity index (χ1v) is 10.1. The molecule has 0 aromatic rings. The van der Waals surface area contributed by atoms with Gasteiger partial charge in [-0.25, -0.2) is 0 Å². The summed E-state index contributed by atoms with van der Waals surface area (Å²) in [5.74, 6) is 2.22. The van der Waals surface area contributed by atoms with E-state index >= 15 is 0 Å². The quantitative estimate of drug-likeness (QED) is 0.195. The molecule has 0 radical (unpaired) electrons. The molecule has 0 spiro atoms. The van der Waals surface area contributed by atoms with Gasteiger partial charge in [0, 0.05) is 52.9 Å². The molecule has 2 N–H and O–H groups in total. The number of halogens is 1. The normalized spacial score (nSPS) is 21.9. The van der Waals surface area contributed by atoms with Gasteiger partial charge in [0.15, 0.2) is 5.96 Å². The maximum absolute atomic E-state index is 5.73. The van der Waals surface area contributed by atoms with Crippen LogP contribution in [0.1, 0.15) is 25.7 Å². The monoisotopic (exact) mass is 498 g/mol. The molecule has 2 aliphatic rings. The number of rotatable bonds is 11. The second-order valence-electron chi connectivity index (χ2n) is 7.32. The molecule has 0 saturated carbocycles. The highest BCUT2D eigenvalue weighted by atomic mass is 127. The first-order valence-electron chi connectivity index (χ1n) is 10.1. The average Bonchev–Trinajstić information content (AvgIpc) is 3.19. The number of nitrogens with zero attached hydrogens (tertiary/aromatic N) is 2. The highest BCUT2D eigenvalue weighted by Crippen LogP contribution is 2.16. The summed E-state index contributed by atoms with van der Waals surface area (Å²) < 4.78 is 16.2. The fourth-order valence-corrected chi connectivity index (χ4v) is 3.44. The fraction of sp³-hybridized carbons (Fsp3) is 0.947. The van der Waals surface area contributed by atoms with Gasteiger partial charge in [-0.15, -0.1) is 24.0 Å². The third kappa shape index (κ3) is 10.8. The van der Waals surface area contributed by atoms with Crippen molar-refractivity contribution in [3.63, 3.8) is 0 Å². The standard InChI is InChI=1S/C19H38N4O3.HI/c1-20-19(21-7-3-11-25-15-18-6-12-26-16-18)22-14-17-4-8-23(9-5-17)10-13-24-2;/h17-18H,3-16H2,1-2H3,(H2,20,21,22);1H. The number of aliphatic imine (C=N–C) groups is 1. The zero-order valence-electron chi connectivity index (χ0n) is 17.1. The van der Waals surface area contributed by atoms with E-state index in [1.807, 2.05) is 7.05 Å². The van der Waals surface area contributed by atoms with Crippen LogP contribution >= 0.6 is 24.0 Å². The van der Waals surface area contributed by atoms with Crippen LogP contribution in [0.2, 0.25) is 0 Å². The maximum Gasteiger partial charge on any atom is 0.190 e. The topological polar surface area (TPSA) is 67.4 Å². The van der Waals surface area contributed by atoms with Gasteiger partial charge < -0.3 is 29.7 Å². The van der Waals surface area contributed by atoms with Gasteiger partial charge in [0.1, 0.15) is 0 Å². The molecule has 2 saturated heterocycles. The lowest BCUT2D eigenvalue weighted by atomic mass is 9.97. The number of guanidine groups is 1. The van der Waals surface area contributed by atoms with Crippen molar-refractivity contribution in [1.82, 2.24) is 15.5 Å². The molecule has 0 aromatic carbocycles. The van der Waals surface area contributed by atoms with Gasteiger partial charge >= 0.3 is 0 Å². The van der Waals surface area contributed by atoms with E-state index in [9.17, 15) is 0 Å². The van der Waals surface area contributed by atoms with Gasteiger partial charge in [0.05, 0.1) is 19.8 Å². The molecule has 2 fully saturated rings. The van der Waals surface area contributed by atoms with Crippen LogP contribution in [-0.4, -0.2) is 90.8 Å². The highest BCUT2D eigenvalue weighted by molar-refractivity contribution is 14.0. The van der Waals surface area contributed by atoms with E-state index in [1.54, 1.807) is 7.11 Å². The first-order chi connectivity index (χ1) is 12.8. The number of likely N-dealkylation sites (tertiary alicyclic amines) is 1. The summed E-state index contributed by atoms with van der Waals surface area (Å²) in [5, 5.41) is 6.85. The van der Waals surface area contributed by atoms with E-state index in [0.29, 0.717) is 5.92 Å². The van der Waals surface area contributed by atoms with Gasteiger partial charge in [0.2, 0.25) is 0 Å². The van der Waals surface area contributed by atoms with Crippen LogP contribution in [0.25, 0.3) is 0 Å². The zero-order valence-corrected chi connectivity index (χ0v) is 19.4. The predicted octanol–water partition coefficient (Wildman–Crippen LogP) is 1.57. The van der Waals surface area contributed by atoms with Gasteiger partial charge in [-0.2, -0.15) is 0 Å².